The van der Waals surface area contributed by atoms with E-state index in [1.807, 2.05) is 6.08 Å². The first-order valence-corrected chi connectivity index (χ1v) is 12.7. The summed E-state index contributed by atoms with van der Waals surface area (Å²) in [5.74, 6) is 0.847. The van der Waals surface area contributed by atoms with E-state index in [1.54, 1.807) is 0 Å². The Balaban J connectivity index is 2.51. The van der Waals surface area contributed by atoms with Gasteiger partial charge in [-0.3, -0.25) is 0 Å². The van der Waals surface area contributed by atoms with Crippen LogP contribution in [0.15, 0.2) is 61.2 Å². The second-order valence-corrected chi connectivity index (χ2v) is 12.7. The topological polar surface area (TPSA) is 26.0 Å². The van der Waals surface area contributed by atoms with Crippen molar-refractivity contribution in [3.05, 3.63) is 77.9 Å². The minimum Gasteiger partial charge on any atom is -0.326 e. The maximum Gasteiger partial charge on any atom is 0.0103 e. The Morgan fingerprint density at radius 2 is 1.27 bits per heavy atom. The molecule has 0 heterocycles. The fraction of sp³-hybridized carbons (Fsp3) is 0.562. The average molecular weight is 448 g/mol. The number of benzene rings is 2. The van der Waals surface area contributed by atoms with Crippen molar-refractivity contribution in [3.8, 4) is 0 Å². The second kappa shape index (κ2) is 10.2. The quantitative estimate of drug-likeness (QED) is 0.365. The third-order valence-corrected chi connectivity index (χ3v) is 8.69. The Bertz CT molecular complexity index is 878. The Kier molecular flexibility index (Phi) is 8.45. The summed E-state index contributed by atoms with van der Waals surface area (Å²) in [6.07, 6.45) is 5.16. The molecule has 0 bridgehead atoms. The summed E-state index contributed by atoms with van der Waals surface area (Å²) in [5.41, 5.74) is 10.8. The molecular weight excluding hydrogens is 398 g/mol. The molecule has 2 unspecified atom stereocenters. The van der Waals surface area contributed by atoms with E-state index in [0.29, 0.717) is 11.8 Å². The monoisotopic (exact) mass is 447 g/mol. The van der Waals surface area contributed by atoms with Gasteiger partial charge in [0.25, 0.3) is 0 Å². The van der Waals surface area contributed by atoms with E-state index in [-0.39, 0.29) is 21.8 Å². The molecule has 2 rings (SSSR count). The Labute approximate surface area is 204 Å². The van der Waals surface area contributed by atoms with E-state index in [4.69, 9.17) is 5.73 Å². The third-order valence-electron chi connectivity index (χ3n) is 8.69. The van der Waals surface area contributed by atoms with E-state index in [9.17, 15) is 0 Å². The minimum atomic E-state index is -0.226. The molecule has 1 nitrogen and oxygen atoms in total. The van der Waals surface area contributed by atoms with Crippen LogP contribution in [0.3, 0.4) is 0 Å². The van der Waals surface area contributed by atoms with Gasteiger partial charge in [-0.1, -0.05) is 122 Å². The molecular formula is C32H49N. The van der Waals surface area contributed by atoms with Crippen molar-refractivity contribution in [2.45, 2.75) is 99.0 Å². The van der Waals surface area contributed by atoms with Gasteiger partial charge in [0.05, 0.1) is 0 Å². The lowest BCUT2D eigenvalue weighted by atomic mass is 9.53. The first-order chi connectivity index (χ1) is 15.1. The number of hydrogen-bond donors (Lipinski definition) is 1. The molecule has 33 heavy (non-hydrogen) atoms. The average Bonchev–Trinajstić information content (AvgIpc) is 2.75. The summed E-state index contributed by atoms with van der Waals surface area (Å²) < 4.78 is 0. The van der Waals surface area contributed by atoms with Crippen molar-refractivity contribution < 1.29 is 0 Å². The van der Waals surface area contributed by atoms with E-state index in [0.717, 1.165) is 19.3 Å². The fourth-order valence-corrected chi connectivity index (χ4v) is 5.20. The van der Waals surface area contributed by atoms with Crippen molar-refractivity contribution in [2.75, 3.05) is 0 Å². The highest BCUT2D eigenvalue weighted by Crippen LogP contribution is 2.57. The highest BCUT2D eigenvalue weighted by atomic mass is 14.7. The predicted molar refractivity (Wildman–Crippen MR) is 148 cm³/mol. The molecule has 0 spiro atoms. The SMILES string of the molecule is C=Cc1ccc(C(CC(C)(C)C(C)(C)C(CC(C)(C)N)c2ccccc2)C(C)(C)CC)cc1. The number of rotatable bonds is 11. The molecule has 2 N–H and O–H groups in total. The van der Waals surface area contributed by atoms with E-state index in [1.165, 1.54) is 16.7 Å². The van der Waals surface area contributed by atoms with Crippen LogP contribution in [-0.2, 0) is 0 Å². The first-order valence-electron chi connectivity index (χ1n) is 12.7. The van der Waals surface area contributed by atoms with Gasteiger partial charge in [0.2, 0.25) is 0 Å². The molecule has 0 radical (unpaired) electrons. The van der Waals surface area contributed by atoms with Crippen molar-refractivity contribution in [1.29, 1.82) is 0 Å². The zero-order valence-electron chi connectivity index (χ0n) is 22.8. The Hall–Kier alpha value is -1.86. The molecule has 2 atom stereocenters. The van der Waals surface area contributed by atoms with Crippen LogP contribution in [0.2, 0.25) is 0 Å². The lowest BCUT2D eigenvalue weighted by Gasteiger charge is -2.52. The maximum atomic E-state index is 6.62. The maximum absolute atomic E-state index is 6.62. The molecule has 0 saturated carbocycles. The van der Waals surface area contributed by atoms with Crippen LogP contribution in [0.4, 0.5) is 0 Å². The Morgan fingerprint density at radius 1 is 0.758 bits per heavy atom. The molecule has 0 aliphatic rings. The van der Waals surface area contributed by atoms with Gasteiger partial charge in [-0.25, -0.2) is 0 Å². The van der Waals surface area contributed by atoms with Crippen LogP contribution in [0.25, 0.3) is 6.08 Å². The molecule has 2 aromatic carbocycles. The zero-order chi connectivity index (χ0) is 25.1. The number of nitrogens with two attached hydrogens (primary N) is 1. The summed E-state index contributed by atoms with van der Waals surface area (Å²) in [6.45, 7) is 25.3. The van der Waals surface area contributed by atoms with Crippen molar-refractivity contribution in [2.24, 2.45) is 22.0 Å². The van der Waals surface area contributed by atoms with Gasteiger partial charge >= 0.3 is 0 Å². The highest BCUT2D eigenvalue weighted by Gasteiger charge is 2.47. The van der Waals surface area contributed by atoms with Gasteiger partial charge < -0.3 is 5.73 Å². The molecule has 0 saturated heterocycles. The van der Waals surface area contributed by atoms with E-state index in [2.05, 4.69) is 123 Å². The summed E-state index contributed by atoms with van der Waals surface area (Å²) in [5, 5.41) is 0. The third kappa shape index (κ3) is 6.60. The molecule has 0 fully saturated rings. The van der Waals surface area contributed by atoms with Crippen LogP contribution < -0.4 is 5.73 Å². The van der Waals surface area contributed by atoms with Crippen molar-refractivity contribution >= 4 is 6.08 Å². The summed E-state index contributed by atoms with van der Waals surface area (Å²) in [6, 6.07) is 20.1. The van der Waals surface area contributed by atoms with Gasteiger partial charge in [0, 0.05) is 5.54 Å². The highest BCUT2D eigenvalue weighted by molar-refractivity contribution is 5.47. The summed E-state index contributed by atoms with van der Waals surface area (Å²) in [7, 11) is 0. The van der Waals surface area contributed by atoms with Gasteiger partial charge in [0.1, 0.15) is 0 Å². The van der Waals surface area contributed by atoms with E-state index < -0.39 is 0 Å². The van der Waals surface area contributed by atoms with E-state index >= 15 is 0 Å². The van der Waals surface area contributed by atoms with Gasteiger partial charge in [0.15, 0.2) is 0 Å². The normalized spacial score (nSPS) is 15.2. The molecule has 1 heteroatoms. The largest absolute Gasteiger partial charge is 0.326 e. The molecule has 2 aromatic rings. The smallest absolute Gasteiger partial charge is 0.0103 e. The summed E-state index contributed by atoms with van der Waals surface area (Å²) >= 11 is 0. The molecule has 0 aliphatic heterocycles. The van der Waals surface area contributed by atoms with Crippen molar-refractivity contribution in [1.82, 2.24) is 0 Å². The summed E-state index contributed by atoms with van der Waals surface area (Å²) in [4.78, 5) is 0. The van der Waals surface area contributed by atoms with Crippen LogP contribution in [0.5, 0.6) is 0 Å². The predicted octanol–water partition coefficient (Wildman–Crippen LogP) is 9.20. The van der Waals surface area contributed by atoms with Crippen LogP contribution in [-0.4, -0.2) is 5.54 Å². The Morgan fingerprint density at radius 3 is 1.73 bits per heavy atom. The lowest BCUT2D eigenvalue weighted by Crippen LogP contribution is -2.44. The lowest BCUT2D eigenvalue weighted by molar-refractivity contribution is 0.0326. The number of hydrogen-bond acceptors (Lipinski definition) is 1. The van der Waals surface area contributed by atoms with Gasteiger partial charge in [-0.2, -0.15) is 0 Å². The minimum absolute atomic E-state index is 0.0497. The standard InChI is InChI=1S/C32H49N/c1-11-24-18-20-26(21-19-24)27(29(3,4)12-2)22-30(5,6)32(9,10)28(23-31(7,8)33)25-16-14-13-15-17-25/h11,13-21,27-28H,1,12,22-23,33H2,2-10H3. The first kappa shape index (κ1) is 27.4. The van der Waals surface area contributed by atoms with Gasteiger partial charge in [-0.15, -0.1) is 0 Å². The molecule has 0 aromatic heterocycles. The van der Waals surface area contributed by atoms with Gasteiger partial charge in [-0.05, 0) is 71.5 Å². The molecule has 182 valence electrons. The van der Waals surface area contributed by atoms with Crippen LogP contribution in [0, 0.1) is 16.2 Å². The zero-order valence-corrected chi connectivity index (χ0v) is 22.8. The molecule has 0 aliphatic carbocycles. The molecule has 0 amide bonds. The fourth-order valence-electron chi connectivity index (χ4n) is 5.20. The van der Waals surface area contributed by atoms with Crippen LogP contribution in [0.1, 0.15) is 110 Å². The van der Waals surface area contributed by atoms with Crippen LogP contribution >= 0.6 is 0 Å². The second-order valence-electron chi connectivity index (χ2n) is 12.7. The van der Waals surface area contributed by atoms with Crippen molar-refractivity contribution in [3.63, 3.8) is 0 Å².